The van der Waals surface area contributed by atoms with Gasteiger partial charge in [-0.05, 0) is 0 Å². The van der Waals surface area contributed by atoms with Crippen LogP contribution in [0.2, 0.25) is 0 Å². The molecule has 1 saturated heterocycles. The largest absolute Gasteiger partial charge is 0.481 e. The van der Waals surface area contributed by atoms with Crippen molar-refractivity contribution in [3.63, 3.8) is 0 Å². The molecular formula is C9H13NO5. The molecule has 84 valence electrons. The van der Waals surface area contributed by atoms with Crippen LogP contribution in [0.25, 0.3) is 0 Å². The Morgan fingerprint density at radius 3 is 2.67 bits per heavy atom. The van der Waals surface area contributed by atoms with E-state index in [0.717, 1.165) is 0 Å². The van der Waals surface area contributed by atoms with Gasteiger partial charge in [0.15, 0.2) is 0 Å². The molecule has 15 heavy (non-hydrogen) atoms. The molecule has 0 aromatic heterocycles. The average molecular weight is 215 g/mol. The van der Waals surface area contributed by atoms with Crippen molar-refractivity contribution in [2.24, 2.45) is 0 Å². The second kappa shape index (κ2) is 4.79. The van der Waals surface area contributed by atoms with Gasteiger partial charge in [-0.25, -0.2) is 4.79 Å². The van der Waals surface area contributed by atoms with Crippen molar-refractivity contribution in [2.75, 3.05) is 19.8 Å². The number of rotatable bonds is 5. The van der Waals surface area contributed by atoms with E-state index in [4.69, 9.17) is 9.84 Å². The first kappa shape index (κ1) is 11.5. The fourth-order valence-corrected chi connectivity index (χ4v) is 1.24. The molecule has 0 unspecified atom stereocenters. The van der Waals surface area contributed by atoms with Gasteiger partial charge in [0.05, 0.1) is 19.6 Å². The molecular weight excluding hydrogens is 202 g/mol. The molecule has 0 spiro atoms. The third kappa shape index (κ3) is 3.25. The highest BCUT2D eigenvalue weighted by molar-refractivity contribution is 5.73. The Morgan fingerprint density at radius 1 is 1.60 bits per heavy atom. The van der Waals surface area contributed by atoms with E-state index in [0.29, 0.717) is 0 Å². The minimum atomic E-state index is -0.984. The van der Waals surface area contributed by atoms with E-state index >= 15 is 0 Å². The highest BCUT2D eigenvalue weighted by atomic mass is 16.6. The van der Waals surface area contributed by atoms with Gasteiger partial charge in [-0.15, -0.1) is 0 Å². The summed E-state index contributed by atoms with van der Waals surface area (Å²) in [6.07, 6.45) is 0.608. The molecule has 1 aliphatic rings. The molecule has 1 heterocycles. The summed E-state index contributed by atoms with van der Waals surface area (Å²) >= 11 is 0. The monoisotopic (exact) mass is 215 g/mol. The number of carboxylic acids is 1. The molecule has 0 bridgehead atoms. The maximum absolute atomic E-state index is 11.2. The van der Waals surface area contributed by atoms with Gasteiger partial charge in [0.2, 0.25) is 0 Å². The molecule has 0 aromatic carbocycles. The maximum Gasteiger partial charge on any atom is 0.408 e. The standard InChI is InChI=1S/C9H13NO5/c1-2-3-15-8(13)10-9(4-7(11)12)5-14-6-9/h2H,1,3-6H2,(H,10,13)(H,11,12). The number of carbonyl (C=O) groups is 2. The van der Waals surface area contributed by atoms with Gasteiger partial charge < -0.3 is 19.9 Å². The summed E-state index contributed by atoms with van der Waals surface area (Å²) in [6.45, 7) is 3.87. The number of aliphatic carboxylic acids is 1. The lowest BCUT2D eigenvalue weighted by Crippen LogP contribution is -2.63. The van der Waals surface area contributed by atoms with Crippen LogP contribution in [0.15, 0.2) is 12.7 Å². The van der Waals surface area contributed by atoms with Crippen molar-refractivity contribution in [1.29, 1.82) is 0 Å². The van der Waals surface area contributed by atoms with Gasteiger partial charge in [0, 0.05) is 0 Å². The molecule has 6 nitrogen and oxygen atoms in total. The van der Waals surface area contributed by atoms with Crippen LogP contribution in [-0.4, -0.2) is 42.5 Å². The predicted molar refractivity (Wildman–Crippen MR) is 50.5 cm³/mol. The summed E-state index contributed by atoms with van der Waals surface area (Å²) in [5.74, 6) is -0.984. The van der Waals surface area contributed by atoms with Crippen LogP contribution in [0.5, 0.6) is 0 Å². The minimum Gasteiger partial charge on any atom is -0.481 e. The van der Waals surface area contributed by atoms with Crippen LogP contribution in [0.1, 0.15) is 6.42 Å². The number of alkyl carbamates (subject to hydrolysis) is 1. The number of hydrogen-bond acceptors (Lipinski definition) is 4. The normalized spacial score (nSPS) is 17.3. The van der Waals surface area contributed by atoms with Gasteiger partial charge in [-0.1, -0.05) is 12.7 Å². The molecule has 6 heteroatoms. The average Bonchev–Trinajstić information content (AvgIpc) is 2.10. The third-order valence-electron chi connectivity index (χ3n) is 1.95. The number of ether oxygens (including phenoxy) is 2. The number of nitrogens with one attached hydrogen (secondary N) is 1. The maximum atomic E-state index is 11.2. The van der Waals surface area contributed by atoms with Gasteiger partial charge in [-0.3, -0.25) is 4.79 Å². The van der Waals surface area contributed by atoms with Crippen LogP contribution in [0.4, 0.5) is 4.79 Å². The minimum absolute atomic E-state index is 0.0931. The lowest BCUT2D eigenvalue weighted by molar-refractivity contribution is -0.146. The molecule has 2 N–H and O–H groups in total. The third-order valence-corrected chi connectivity index (χ3v) is 1.95. The topological polar surface area (TPSA) is 84.9 Å². The van der Waals surface area contributed by atoms with Crippen LogP contribution in [0, 0.1) is 0 Å². The van der Waals surface area contributed by atoms with Gasteiger partial charge >= 0.3 is 12.1 Å². The van der Waals surface area contributed by atoms with E-state index in [-0.39, 0.29) is 26.2 Å². The van der Waals surface area contributed by atoms with Crippen LogP contribution < -0.4 is 5.32 Å². The van der Waals surface area contributed by atoms with Crippen LogP contribution >= 0.6 is 0 Å². The van der Waals surface area contributed by atoms with Crippen LogP contribution in [-0.2, 0) is 14.3 Å². The van der Waals surface area contributed by atoms with E-state index < -0.39 is 17.6 Å². The van der Waals surface area contributed by atoms with Crippen molar-refractivity contribution in [3.05, 3.63) is 12.7 Å². The van der Waals surface area contributed by atoms with Crippen molar-refractivity contribution in [2.45, 2.75) is 12.0 Å². The smallest absolute Gasteiger partial charge is 0.408 e. The Labute approximate surface area is 86.9 Å². The summed E-state index contributed by atoms with van der Waals surface area (Å²) in [5.41, 5.74) is -0.815. The Bertz CT molecular complexity index is 272. The lowest BCUT2D eigenvalue weighted by Gasteiger charge is -2.40. The number of carboxylic acid groups (broad SMARTS) is 1. The summed E-state index contributed by atoms with van der Waals surface area (Å²) in [5, 5.41) is 11.1. The molecule has 1 rings (SSSR count). The Hall–Kier alpha value is -1.56. The zero-order chi connectivity index (χ0) is 11.3. The Kier molecular flexibility index (Phi) is 3.68. The Morgan fingerprint density at radius 2 is 2.27 bits per heavy atom. The molecule has 0 aromatic rings. The second-order valence-electron chi connectivity index (χ2n) is 3.36. The fourth-order valence-electron chi connectivity index (χ4n) is 1.24. The fraction of sp³-hybridized carbons (Fsp3) is 0.556. The molecule has 0 saturated carbocycles. The molecule has 0 radical (unpaired) electrons. The van der Waals surface area contributed by atoms with Crippen molar-refractivity contribution in [1.82, 2.24) is 5.32 Å². The van der Waals surface area contributed by atoms with Crippen molar-refractivity contribution < 1.29 is 24.2 Å². The first-order chi connectivity index (χ1) is 7.08. The van der Waals surface area contributed by atoms with E-state index in [1.807, 2.05) is 0 Å². The van der Waals surface area contributed by atoms with E-state index in [1.165, 1.54) is 6.08 Å². The van der Waals surface area contributed by atoms with E-state index in [2.05, 4.69) is 16.6 Å². The highest BCUT2D eigenvalue weighted by Gasteiger charge is 2.42. The quantitative estimate of drug-likeness (QED) is 0.637. The first-order valence-electron chi connectivity index (χ1n) is 4.43. The lowest BCUT2D eigenvalue weighted by atomic mass is 9.93. The van der Waals surface area contributed by atoms with Crippen molar-refractivity contribution in [3.8, 4) is 0 Å². The zero-order valence-electron chi connectivity index (χ0n) is 8.19. The predicted octanol–water partition coefficient (Wildman–Crippen LogP) is 0.142. The van der Waals surface area contributed by atoms with Gasteiger partial charge in [0.1, 0.15) is 12.1 Å². The molecule has 1 amide bonds. The summed E-state index contributed by atoms with van der Waals surface area (Å²) in [7, 11) is 0. The number of amides is 1. The van der Waals surface area contributed by atoms with Gasteiger partial charge in [-0.2, -0.15) is 0 Å². The number of hydrogen-bond donors (Lipinski definition) is 2. The summed E-state index contributed by atoms with van der Waals surface area (Å²) in [4.78, 5) is 21.7. The SMILES string of the molecule is C=CCOC(=O)NC1(CC(=O)O)COC1. The highest BCUT2D eigenvalue weighted by Crippen LogP contribution is 2.21. The van der Waals surface area contributed by atoms with E-state index in [9.17, 15) is 9.59 Å². The van der Waals surface area contributed by atoms with Crippen LogP contribution in [0.3, 0.4) is 0 Å². The first-order valence-corrected chi connectivity index (χ1v) is 4.43. The summed E-state index contributed by atoms with van der Waals surface area (Å²) in [6, 6.07) is 0. The zero-order valence-corrected chi connectivity index (χ0v) is 8.19. The van der Waals surface area contributed by atoms with Crippen molar-refractivity contribution >= 4 is 12.1 Å². The number of carbonyl (C=O) groups excluding carboxylic acids is 1. The molecule has 1 aliphatic heterocycles. The van der Waals surface area contributed by atoms with Gasteiger partial charge in [0.25, 0.3) is 0 Å². The summed E-state index contributed by atoms with van der Waals surface area (Å²) < 4.78 is 9.58. The second-order valence-corrected chi connectivity index (χ2v) is 3.36. The Balaban J connectivity index is 2.42. The molecule has 1 fully saturated rings. The molecule has 0 atom stereocenters. The molecule has 0 aliphatic carbocycles. The van der Waals surface area contributed by atoms with E-state index in [1.54, 1.807) is 0 Å².